The van der Waals surface area contributed by atoms with E-state index in [9.17, 15) is 0 Å². The molecule has 0 aliphatic carbocycles. The smallest absolute Gasteiger partial charge is 0.198 e. The number of nitrogens with zero attached hydrogens (tertiary/aromatic N) is 2. The molecule has 0 saturated carbocycles. The van der Waals surface area contributed by atoms with Gasteiger partial charge in [-0.05, 0) is 26.4 Å². The van der Waals surface area contributed by atoms with Gasteiger partial charge in [0.25, 0.3) is 0 Å². The first kappa shape index (κ1) is 11.6. The normalized spacial score (nSPS) is 24.6. The molecular formula is C12H20N2O2. The third kappa shape index (κ3) is 2.44. The van der Waals surface area contributed by atoms with E-state index >= 15 is 0 Å². The van der Waals surface area contributed by atoms with E-state index in [4.69, 9.17) is 9.52 Å². The van der Waals surface area contributed by atoms with Crippen LogP contribution in [-0.4, -0.2) is 41.7 Å². The van der Waals surface area contributed by atoms with Crippen molar-refractivity contribution in [2.45, 2.75) is 31.6 Å². The van der Waals surface area contributed by atoms with Crippen molar-refractivity contribution in [2.24, 2.45) is 0 Å². The Balaban J connectivity index is 2.06. The Hall–Kier alpha value is -0.870. The van der Waals surface area contributed by atoms with Gasteiger partial charge in [0, 0.05) is 18.4 Å². The van der Waals surface area contributed by atoms with Gasteiger partial charge in [0.15, 0.2) is 5.89 Å². The summed E-state index contributed by atoms with van der Waals surface area (Å²) in [6.07, 6.45) is 4.11. The van der Waals surface area contributed by atoms with Crippen molar-refractivity contribution in [1.82, 2.24) is 9.88 Å². The van der Waals surface area contributed by atoms with Crippen LogP contribution >= 0.6 is 0 Å². The number of rotatable bonds is 3. The maximum Gasteiger partial charge on any atom is 0.198 e. The molecular weight excluding hydrogens is 204 g/mol. The van der Waals surface area contributed by atoms with Crippen LogP contribution in [0.5, 0.6) is 0 Å². The van der Waals surface area contributed by atoms with Crippen molar-refractivity contribution in [3.05, 3.63) is 17.8 Å². The molecule has 0 aromatic carbocycles. The van der Waals surface area contributed by atoms with Gasteiger partial charge in [-0.1, -0.05) is 6.92 Å². The lowest BCUT2D eigenvalue weighted by Gasteiger charge is -2.27. The maximum absolute atomic E-state index is 9.05. The number of aliphatic hydroxyl groups excluding tert-OH is 1. The highest BCUT2D eigenvalue weighted by atomic mass is 16.4. The molecule has 0 bridgehead atoms. The molecule has 0 amide bonds. The summed E-state index contributed by atoms with van der Waals surface area (Å²) in [6.45, 7) is 4.24. The molecule has 4 nitrogen and oxygen atoms in total. The van der Waals surface area contributed by atoms with Crippen LogP contribution in [0.25, 0.3) is 0 Å². The summed E-state index contributed by atoms with van der Waals surface area (Å²) in [5.41, 5.74) is 0. The molecule has 2 rings (SSSR count). The Morgan fingerprint density at radius 3 is 3.19 bits per heavy atom. The monoisotopic (exact) mass is 224 g/mol. The molecule has 1 fully saturated rings. The van der Waals surface area contributed by atoms with Crippen molar-refractivity contribution in [3.63, 3.8) is 0 Å². The van der Waals surface area contributed by atoms with E-state index in [1.54, 1.807) is 6.20 Å². The van der Waals surface area contributed by atoms with Crippen LogP contribution in [0.15, 0.2) is 10.6 Å². The average molecular weight is 224 g/mol. The molecule has 1 aromatic rings. The summed E-state index contributed by atoms with van der Waals surface area (Å²) in [5.74, 6) is 2.09. The number of oxazole rings is 1. The first-order valence-corrected chi connectivity index (χ1v) is 5.95. The first-order chi connectivity index (χ1) is 7.70. The molecule has 1 aliphatic heterocycles. The summed E-state index contributed by atoms with van der Waals surface area (Å²) < 4.78 is 5.73. The predicted octanol–water partition coefficient (Wildman–Crippen LogP) is 1.58. The van der Waals surface area contributed by atoms with E-state index in [2.05, 4.69) is 16.9 Å². The fourth-order valence-corrected chi connectivity index (χ4v) is 2.18. The van der Waals surface area contributed by atoms with Crippen molar-refractivity contribution in [1.29, 1.82) is 0 Å². The number of aromatic nitrogens is 1. The van der Waals surface area contributed by atoms with Crippen LogP contribution in [0.4, 0.5) is 0 Å². The Kier molecular flexibility index (Phi) is 3.61. The van der Waals surface area contributed by atoms with Crippen molar-refractivity contribution >= 4 is 0 Å². The van der Waals surface area contributed by atoms with Crippen LogP contribution in [-0.2, 0) is 0 Å². The number of likely N-dealkylation sites (N-methyl/N-ethyl adjacent to an activating group) is 1. The minimum atomic E-state index is 0.0440. The zero-order valence-electron chi connectivity index (χ0n) is 10.0. The molecule has 90 valence electrons. The number of hydrogen-bond acceptors (Lipinski definition) is 4. The quantitative estimate of drug-likeness (QED) is 0.847. The molecule has 2 atom stereocenters. The lowest BCUT2D eigenvalue weighted by atomic mass is 9.99. The van der Waals surface area contributed by atoms with E-state index in [-0.39, 0.29) is 12.5 Å². The first-order valence-electron chi connectivity index (χ1n) is 5.95. The van der Waals surface area contributed by atoms with Crippen LogP contribution in [0, 0.1) is 0 Å². The largest absolute Gasteiger partial charge is 0.445 e. The SMILES string of the molecule is CC(CO)c1cnc(C2CCCN(C)C2)o1. The van der Waals surface area contributed by atoms with Gasteiger partial charge in [0.1, 0.15) is 5.76 Å². The highest BCUT2D eigenvalue weighted by Crippen LogP contribution is 2.27. The van der Waals surface area contributed by atoms with Crippen molar-refractivity contribution in [2.75, 3.05) is 26.7 Å². The minimum absolute atomic E-state index is 0.0440. The van der Waals surface area contributed by atoms with Crippen LogP contribution < -0.4 is 0 Å². The van der Waals surface area contributed by atoms with Crippen LogP contribution in [0.1, 0.15) is 43.3 Å². The van der Waals surface area contributed by atoms with Crippen LogP contribution in [0.2, 0.25) is 0 Å². The Morgan fingerprint density at radius 2 is 2.50 bits per heavy atom. The van der Waals surface area contributed by atoms with E-state index in [1.165, 1.54) is 6.42 Å². The second kappa shape index (κ2) is 4.97. The number of aliphatic hydroxyl groups is 1. The third-order valence-electron chi connectivity index (χ3n) is 3.27. The number of piperidine rings is 1. The molecule has 16 heavy (non-hydrogen) atoms. The van der Waals surface area contributed by atoms with E-state index in [0.717, 1.165) is 31.2 Å². The van der Waals surface area contributed by atoms with E-state index in [1.807, 2.05) is 6.92 Å². The topological polar surface area (TPSA) is 49.5 Å². The second-order valence-electron chi connectivity index (χ2n) is 4.79. The summed E-state index contributed by atoms with van der Waals surface area (Å²) in [4.78, 5) is 6.65. The predicted molar refractivity (Wildman–Crippen MR) is 61.5 cm³/mol. The molecule has 1 aliphatic rings. The fraction of sp³-hybridized carbons (Fsp3) is 0.750. The van der Waals surface area contributed by atoms with Crippen molar-refractivity contribution in [3.8, 4) is 0 Å². The molecule has 2 unspecified atom stereocenters. The lowest BCUT2D eigenvalue weighted by molar-refractivity contribution is 0.220. The summed E-state index contributed by atoms with van der Waals surface area (Å²) in [6, 6.07) is 0. The highest BCUT2D eigenvalue weighted by molar-refractivity contribution is 5.04. The molecule has 1 aromatic heterocycles. The van der Waals surface area contributed by atoms with Crippen molar-refractivity contribution < 1.29 is 9.52 Å². The molecule has 2 heterocycles. The van der Waals surface area contributed by atoms with Gasteiger partial charge in [-0.25, -0.2) is 4.98 Å². The molecule has 1 N–H and O–H groups in total. The minimum Gasteiger partial charge on any atom is -0.445 e. The fourth-order valence-electron chi connectivity index (χ4n) is 2.18. The van der Waals surface area contributed by atoms with E-state index in [0.29, 0.717) is 5.92 Å². The Bertz CT molecular complexity index is 338. The number of hydrogen-bond donors (Lipinski definition) is 1. The van der Waals surface area contributed by atoms with Gasteiger partial charge >= 0.3 is 0 Å². The second-order valence-corrected chi connectivity index (χ2v) is 4.79. The highest BCUT2D eigenvalue weighted by Gasteiger charge is 2.23. The average Bonchev–Trinajstić information content (AvgIpc) is 2.77. The van der Waals surface area contributed by atoms with E-state index < -0.39 is 0 Å². The van der Waals surface area contributed by atoms with Gasteiger partial charge in [0.05, 0.1) is 12.8 Å². The van der Waals surface area contributed by atoms with Gasteiger partial charge < -0.3 is 14.4 Å². The lowest BCUT2D eigenvalue weighted by Crippen LogP contribution is -2.30. The van der Waals surface area contributed by atoms with Gasteiger partial charge in [0.2, 0.25) is 0 Å². The molecule has 0 spiro atoms. The molecule has 0 radical (unpaired) electrons. The van der Waals surface area contributed by atoms with Gasteiger partial charge in [-0.15, -0.1) is 0 Å². The molecule has 1 saturated heterocycles. The van der Waals surface area contributed by atoms with Gasteiger partial charge in [-0.2, -0.15) is 0 Å². The summed E-state index contributed by atoms with van der Waals surface area (Å²) in [7, 11) is 2.13. The zero-order chi connectivity index (χ0) is 11.5. The van der Waals surface area contributed by atoms with Gasteiger partial charge in [-0.3, -0.25) is 0 Å². The zero-order valence-corrected chi connectivity index (χ0v) is 10.0. The standard InChI is InChI=1S/C12H20N2O2/c1-9(8-15)11-6-13-12(16-11)10-4-3-5-14(2)7-10/h6,9-10,15H,3-5,7-8H2,1-2H3. The maximum atomic E-state index is 9.05. The van der Waals surface area contributed by atoms with Crippen LogP contribution in [0.3, 0.4) is 0 Å². The Morgan fingerprint density at radius 1 is 1.69 bits per heavy atom. The number of likely N-dealkylation sites (tertiary alicyclic amines) is 1. The Labute approximate surface area is 96.3 Å². The third-order valence-corrected chi connectivity index (χ3v) is 3.27. The summed E-state index contributed by atoms with van der Waals surface area (Å²) in [5, 5.41) is 9.05. The molecule has 4 heteroatoms. The summed E-state index contributed by atoms with van der Waals surface area (Å²) >= 11 is 0.